The third-order valence-electron chi connectivity index (χ3n) is 2.60. The Bertz CT molecular complexity index is 553. The van der Waals surface area contributed by atoms with Gasteiger partial charge in [0.25, 0.3) is 0 Å². The molecule has 0 aliphatic rings. The SMILES string of the molecule is CCNc1ncc(Cl)c(N(C)Cc2cnn(C)c2)n1. The van der Waals surface area contributed by atoms with E-state index in [1.54, 1.807) is 10.9 Å². The summed E-state index contributed by atoms with van der Waals surface area (Å²) in [5, 5.41) is 7.75. The fraction of sp³-hybridized carbons (Fsp3) is 0.417. The molecule has 0 aliphatic carbocycles. The molecule has 0 saturated heterocycles. The minimum Gasteiger partial charge on any atom is -0.354 e. The van der Waals surface area contributed by atoms with Gasteiger partial charge in [-0.3, -0.25) is 4.68 Å². The number of hydrogen-bond acceptors (Lipinski definition) is 5. The summed E-state index contributed by atoms with van der Waals surface area (Å²) in [6, 6.07) is 0. The van der Waals surface area contributed by atoms with Gasteiger partial charge in [0.05, 0.1) is 12.4 Å². The van der Waals surface area contributed by atoms with Crippen molar-refractivity contribution >= 4 is 23.4 Å². The zero-order valence-electron chi connectivity index (χ0n) is 11.3. The standard InChI is InChI=1S/C12H17ClN6/c1-4-14-12-15-6-10(13)11(17-12)18(2)7-9-5-16-19(3)8-9/h5-6,8H,4,7H2,1-3H3,(H,14,15,17). The lowest BCUT2D eigenvalue weighted by molar-refractivity contribution is 0.766. The maximum absolute atomic E-state index is 6.15. The highest BCUT2D eigenvalue weighted by Crippen LogP contribution is 2.23. The van der Waals surface area contributed by atoms with Crippen LogP contribution in [0.15, 0.2) is 18.6 Å². The van der Waals surface area contributed by atoms with Gasteiger partial charge >= 0.3 is 0 Å². The van der Waals surface area contributed by atoms with Crippen LogP contribution in [0, 0.1) is 0 Å². The maximum Gasteiger partial charge on any atom is 0.224 e. The Morgan fingerprint density at radius 1 is 1.42 bits per heavy atom. The van der Waals surface area contributed by atoms with Gasteiger partial charge in [-0.2, -0.15) is 10.1 Å². The van der Waals surface area contributed by atoms with Crippen LogP contribution >= 0.6 is 11.6 Å². The van der Waals surface area contributed by atoms with Gasteiger partial charge in [0.15, 0.2) is 5.82 Å². The van der Waals surface area contributed by atoms with E-state index in [-0.39, 0.29) is 0 Å². The molecule has 0 bridgehead atoms. The monoisotopic (exact) mass is 280 g/mol. The van der Waals surface area contributed by atoms with E-state index < -0.39 is 0 Å². The lowest BCUT2D eigenvalue weighted by Crippen LogP contribution is -2.19. The number of nitrogens with zero attached hydrogens (tertiary/aromatic N) is 5. The van der Waals surface area contributed by atoms with Gasteiger partial charge in [0.2, 0.25) is 5.95 Å². The number of aromatic nitrogens is 4. The minimum atomic E-state index is 0.535. The van der Waals surface area contributed by atoms with Crippen LogP contribution in [0.25, 0.3) is 0 Å². The molecule has 0 saturated carbocycles. The quantitative estimate of drug-likeness (QED) is 0.907. The van der Waals surface area contributed by atoms with Gasteiger partial charge in [-0.15, -0.1) is 0 Å². The van der Waals surface area contributed by atoms with Gasteiger partial charge in [-0.05, 0) is 6.92 Å². The first kappa shape index (κ1) is 13.6. The largest absolute Gasteiger partial charge is 0.354 e. The zero-order valence-corrected chi connectivity index (χ0v) is 12.0. The lowest BCUT2D eigenvalue weighted by atomic mass is 10.3. The van der Waals surface area contributed by atoms with E-state index in [1.165, 1.54) is 0 Å². The van der Waals surface area contributed by atoms with E-state index in [2.05, 4.69) is 20.4 Å². The molecular weight excluding hydrogens is 264 g/mol. The molecule has 2 aromatic heterocycles. The van der Waals surface area contributed by atoms with Crippen LogP contribution in [-0.4, -0.2) is 33.3 Å². The van der Waals surface area contributed by atoms with Gasteiger partial charge < -0.3 is 10.2 Å². The first-order valence-corrected chi connectivity index (χ1v) is 6.43. The smallest absolute Gasteiger partial charge is 0.224 e. The van der Waals surface area contributed by atoms with E-state index >= 15 is 0 Å². The van der Waals surface area contributed by atoms with E-state index in [9.17, 15) is 0 Å². The molecule has 0 aliphatic heterocycles. The van der Waals surface area contributed by atoms with Crippen molar-refractivity contribution in [1.29, 1.82) is 0 Å². The van der Waals surface area contributed by atoms with E-state index in [4.69, 9.17) is 11.6 Å². The molecular formula is C12H17ClN6. The molecule has 6 nitrogen and oxygen atoms in total. The Morgan fingerprint density at radius 3 is 2.84 bits per heavy atom. The predicted molar refractivity (Wildman–Crippen MR) is 76.5 cm³/mol. The van der Waals surface area contributed by atoms with Crippen LogP contribution in [-0.2, 0) is 13.6 Å². The molecule has 0 amide bonds. The third kappa shape index (κ3) is 3.35. The average Bonchev–Trinajstić information content (AvgIpc) is 2.77. The third-order valence-corrected chi connectivity index (χ3v) is 2.87. The summed E-state index contributed by atoms with van der Waals surface area (Å²) in [4.78, 5) is 10.5. The van der Waals surface area contributed by atoms with Crippen LogP contribution in [0.4, 0.5) is 11.8 Å². The molecule has 0 atom stereocenters. The van der Waals surface area contributed by atoms with Gasteiger partial charge in [-0.1, -0.05) is 11.6 Å². The number of halogens is 1. The van der Waals surface area contributed by atoms with Gasteiger partial charge in [-0.25, -0.2) is 4.98 Å². The minimum absolute atomic E-state index is 0.535. The molecule has 0 aromatic carbocycles. The van der Waals surface area contributed by atoms with Gasteiger partial charge in [0, 0.05) is 38.9 Å². The van der Waals surface area contributed by atoms with Crippen LogP contribution in [0.3, 0.4) is 0 Å². The topological polar surface area (TPSA) is 58.9 Å². The Hall–Kier alpha value is -1.82. The van der Waals surface area contributed by atoms with Crippen molar-refractivity contribution in [2.24, 2.45) is 7.05 Å². The van der Waals surface area contributed by atoms with Crippen molar-refractivity contribution in [3.8, 4) is 0 Å². The summed E-state index contributed by atoms with van der Waals surface area (Å²) in [5.74, 6) is 1.29. The summed E-state index contributed by atoms with van der Waals surface area (Å²) in [6.07, 6.45) is 5.41. The first-order valence-electron chi connectivity index (χ1n) is 6.05. The summed E-state index contributed by atoms with van der Waals surface area (Å²) in [5.41, 5.74) is 1.10. The maximum atomic E-state index is 6.15. The number of aryl methyl sites for hydroxylation is 1. The molecule has 2 rings (SSSR count). The molecule has 1 N–H and O–H groups in total. The second-order valence-corrected chi connectivity index (χ2v) is 4.68. The number of nitrogens with one attached hydrogen (secondary N) is 1. The van der Waals surface area contributed by atoms with Crippen molar-refractivity contribution < 1.29 is 0 Å². The molecule has 2 aromatic rings. The van der Waals surface area contributed by atoms with Crippen molar-refractivity contribution in [3.63, 3.8) is 0 Å². The molecule has 7 heteroatoms. The van der Waals surface area contributed by atoms with E-state index in [0.29, 0.717) is 23.3 Å². The summed E-state index contributed by atoms with van der Waals surface area (Å²) >= 11 is 6.15. The zero-order chi connectivity index (χ0) is 13.8. The summed E-state index contributed by atoms with van der Waals surface area (Å²) in [6.45, 7) is 3.46. The van der Waals surface area contributed by atoms with E-state index in [0.717, 1.165) is 12.1 Å². The predicted octanol–water partition coefficient (Wildman–Crippen LogP) is 1.93. The first-order chi connectivity index (χ1) is 9.10. The highest BCUT2D eigenvalue weighted by Gasteiger charge is 2.11. The van der Waals surface area contributed by atoms with Crippen molar-refractivity contribution in [1.82, 2.24) is 19.7 Å². The molecule has 2 heterocycles. The number of rotatable bonds is 5. The average molecular weight is 281 g/mol. The Labute approximate surface area is 117 Å². The lowest BCUT2D eigenvalue weighted by Gasteiger charge is -2.19. The molecule has 102 valence electrons. The van der Waals surface area contributed by atoms with Crippen LogP contribution in [0.5, 0.6) is 0 Å². The molecule has 0 fully saturated rings. The van der Waals surface area contributed by atoms with Crippen molar-refractivity contribution in [2.75, 3.05) is 23.8 Å². The normalized spacial score (nSPS) is 10.5. The second kappa shape index (κ2) is 5.88. The van der Waals surface area contributed by atoms with E-state index in [1.807, 2.05) is 38.3 Å². The van der Waals surface area contributed by atoms with Crippen LogP contribution in [0.1, 0.15) is 12.5 Å². The van der Waals surface area contributed by atoms with Crippen LogP contribution in [0.2, 0.25) is 5.02 Å². The van der Waals surface area contributed by atoms with Crippen molar-refractivity contribution in [3.05, 3.63) is 29.2 Å². The molecule has 19 heavy (non-hydrogen) atoms. The summed E-state index contributed by atoms with van der Waals surface area (Å²) < 4.78 is 1.77. The summed E-state index contributed by atoms with van der Waals surface area (Å²) in [7, 11) is 3.83. The fourth-order valence-corrected chi connectivity index (χ4v) is 2.01. The Balaban J connectivity index is 2.17. The van der Waals surface area contributed by atoms with Gasteiger partial charge in [0.1, 0.15) is 5.02 Å². The second-order valence-electron chi connectivity index (χ2n) is 4.27. The fourth-order valence-electron chi connectivity index (χ4n) is 1.77. The molecule has 0 unspecified atom stereocenters. The Kier molecular flexibility index (Phi) is 4.21. The highest BCUT2D eigenvalue weighted by molar-refractivity contribution is 6.32. The Morgan fingerprint density at radius 2 is 2.21 bits per heavy atom. The number of anilines is 2. The van der Waals surface area contributed by atoms with Crippen LogP contribution < -0.4 is 10.2 Å². The highest BCUT2D eigenvalue weighted by atomic mass is 35.5. The van der Waals surface area contributed by atoms with Crippen molar-refractivity contribution in [2.45, 2.75) is 13.5 Å². The number of hydrogen-bond donors (Lipinski definition) is 1. The molecule has 0 spiro atoms. The molecule has 0 radical (unpaired) electrons.